The summed E-state index contributed by atoms with van der Waals surface area (Å²) in [5, 5.41) is 5.36. The van der Waals surface area contributed by atoms with Gasteiger partial charge in [0.15, 0.2) is 0 Å². The highest BCUT2D eigenvalue weighted by molar-refractivity contribution is 7.99. The summed E-state index contributed by atoms with van der Waals surface area (Å²) < 4.78 is 5.79. The zero-order valence-electron chi connectivity index (χ0n) is 16.6. The lowest BCUT2D eigenvalue weighted by Crippen LogP contribution is -2.22. The van der Waals surface area contributed by atoms with Gasteiger partial charge in [-0.25, -0.2) is 0 Å². The van der Waals surface area contributed by atoms with Crippen LogP contribution in [0.25, 0.3) is 10.8 Å². The summed E-state index contributed by atoms with van der Waals surface area (Å²) in [4.78, 5) is 13.8. The van der Waals surface area contributed by atoms with Gasteiger partial charge in [0.1, 0.15) is 5.75 Å². The molecule has 0 heterocycles. The van der Waals surface area contributed by atoms with Crippen molar-refractivity contribution in [3.63, 3.8) is 0 Å². The molecule has 4 aromatic carbocycles. The minimum absolute atomic E-state index is 0.0888. The smallest absolute Gasteiger partial charge is 0.251 e. The summed E-state index contributed by atoms with van der Waals surface area (Å²) in [6.45, 7) is 1.11. The molecule has 4 aromatic rings. The SMILES string of the molecule is O=C(NCc1cccc2ccccc12)c1ccc(OCCSc2ccccc2)cc1. The lowest BCUT2D eigenvalue weighted by Gasteiger charge is -2.10. The van der Waals surface area contributed by atoms with Crippen LogP contribution < -0.4 is 10.1 Å². The quantitative estimate of drug-likeness (QED) is 0.287. The summed E-state index contributed by atoms with van der Waals surface area (Å²) in [7, 11) is 0. The van der Waals surface area contributed by atoms with Gasteiger partial charge in [-0.3, -0.25) is 4.79 Å². The zero-order valence-corrected chi connectivity index (χ0v) is 17.4. The molecule has 0 aliphatic heterocycles. The van der Waals surface area contributed by atoms with Crippen molar-refractivity contribution in [2.24, 2.45) is 0 Å². The molecule has 0 unspecified atom stereocenters. The highest BCUT2D eigenvalue weighted by Crippen LogP contribution is 2.19. The number of amides is 1. The van der Waals surface area contributed by atoms with E-state index in [2.05, 4.69) is 35.6 Å². The van der Waals surface area contributed by atoms with Crippen molar-refractivity contribution in [3.8, 4) is 5.75 Å². The fraction of sp³-hybridized carbons (Fsp3) is 0.115. The number of ether oxygens (including phenoxy) is 1. The summed E-state index contributed by atoms with van der Waals surface area (Å²) in [6.07, 6.45) is 0. The summed E-state index contributed by atoms with van der Waals surface area (Å²) in [5.74, 6) is 1.56. The monoisotopic (exact) mass is 413 g/mol. The Morgan fingerprint density at radius 3 is 2.37 bits per heavy atom. The van der Waals surface area contributed by atoms with E-state index >= 15 is 0 Å². The van der Waals surface area contributed by atoms with E-state index in [9.17, 15) is 4.79 Å². The average Bonchev–Trinajstić information content (AvgIpc) is 2.81. The highest BCUT2D eigenvalue weighted by Gasteiger charge is 2.07. The van der Waals surface area contributed by atoms with Crippen molar-refractivity contribution in [2.45, 2.75) is 11.4 Å². The number of thioether (sulfide) groups is 1. The maximum Gasteiger partial charge on any atom is 0.251 e. The van der Waals surface area contributed by atoms with E-state index < -0.39 is 0 Å². The molecular weight excluding hydrogens is 390 g/mol. The largest absolute Gasteiger partial charge is 0.493 e. The molecule has 30 heavy (non-hydrogen) atoms. The van der Waals surface area contributed by atoms with Gasteiger partial charge in [-0.2, -0.15) is 0 Å². The van der Waals surface area contributed by atoms with E-state index in [0.717, 1.165) is 22.5 Å². The highest BCUT2D eigenvalue weighted by atomic mass is 32.2. The molecule has 0 aromatic heterocycles. The summed E-state index contributed by atoms with van der Waals surface area (Å²) in [5.41, 5.74) is 1.73. The first-order chi connectivity index (χ1) is 14.8. The molecular formula is C26H23NO2S. The van der Waals surface area contributed by atoms with Crippen LogP contribution in [0, 0.1) is 0 Å². The minimum atomic E-state index is -0.0888. The molecule has 0 spiro atoms. The topological polar surface area (TPSA) is 38.3 Å². The predicted molar refractivity (Wildman–Crippen MR) is 124 cm³/mol. The molecule has 0 atom stereocenters. The van der Waals surface area contributed by atoms with Gasteiger partial charge in [0.05, 0.1) is 6.61 Å². The Morgan fingerprint density at radius 1 is 0.800 bits per heavy atom. The maximum atomic E-state index is 12.5. The Balaban J connectivity index is 1.27. The van der Waals surface area contributed by atoms with Gasteiger partial charge in [-0.15, -0.1) is 11.8 Å². The first-order valence-electron chi connectivity index (χ1n) is 9.95. The van der Waals surface area contributed by atoms with Gasteiger partial charge >= 0.3 is 0 Å². The molecule has 4 heteroatoms. The molecule has 0 radical (unpaired) electrons. The summed E-state index contributed by atoms with van der Waals surface area (Å²) in [6, 6.07) is 31.9. The normalized spacial score (nSPS) is 10.7. The molecule has 3 nitrogen and oxygen atoms in total. The number of benzene rings is 4. The third-order valence-electron chi connectivity index (χ3n) is 4.80. The Labute approximate surface area is 181 Å². The molecule has 4 rings (SSSR count). The second-order valence-electron chi connectivity index (χ2n) is 6.86. The van der Waals surface area contributed by atoms with E-state index in [0.29, 0.717) is 18.7 Å². The van der Waals surface area contributed by atoms with Crippen LogP contribution in [0.2, 0.25) is 0 Å². The predicted octanol–water partition coefficient (Wildman–Crippen LogP) is 5.94. The van der Waals surface area contributed by atoms with Gasteiger partial charge in [-0.05, 0) is 52.7 Å². The van der Waals surface area contributed by atoms with E-state index in [-0.39, 0.29) is 5.91 Å². The number of rotatable bonds is 8. The minimum Gasteiger partial charge on any atom is -0.493 e. The van der Waals surface area contributed by atoms with E-state index in [1.54, 1.807) is 23.9 Å². The van der Waals surface area contributed by atoms with Gasteiger partial charge in [-0.1, -0.05) is 60.7 Å². The third-order valence-corrected chi connectivity index (χ3v) is 5.78. The number of carbonyl (C=O) groups is 1. The van der Waals surface area contributed by atoms with Crippen LogP contribution in [0.4, 0.5) is 0 Å². The van der Waals surface area contributed by atoms with Crippen molar-refractivity contribution < 1.29 is 9.53 Å². The lowest BCUT2D eigenvalue weighted by molar-refractivity contribution is 0.0951. The fourth-order valence-corrected chi connectivity index (χ4v) is 4.01. The van der Waals surface area contributed by atoms with Crippen LogP contribution in [-0.4, -0.2) is 18.3 Å². The Bertz CT molecular complexity index is 1110. The van der Waals surface area contributed by atoms with Crippen LogP contribution in [-0.2, 0) is 6.54 Å². The van der Waals surface area contributed by atoms with Gasteiger partial charge < -0.3 is 10.1 Å². The average molecular weight is 414 g/mol. The van der Waals surface area contributed by atoms with Crippen LogP contribution in [0.1, 0.15) is 15.9 Å². The molecule has 0 aliphatic carbocycles. The fourth-order valence-electron chi connectivity index (χ4n) is 3.26. The Hall–Kier alpha value is -3.24. The molecule has 0 saturated carbocycles. The number of hydrogen-bond donors (Lipinski definition) is 1. The van der Waals surface area contributed by atoms with Crippen molar-refractivity contribution >= 4 is 28.4 Å². The maximum absolute atomic E-state index is 12.5. The first kappa shape index (κ1) is 20.0. The van der Waals surface area contributed by atoms with Gasteiger partial charge in [0.25, 0.3) is 5.91 Å². The van der Waals surface area contributed by atoms with Crippen LogP contribution in [0.15, 0.2) is 102 Å². The van der Waals surface area contributed by atoms with Gasteiger partial charge in [0, 0.05) is 22.8 Å². The van der Waals surface area contributed by atoms with E-state index in [4.69, 9.17) is 4.74 Å². The standard InChI is InChI=1S/C26H23NO2S/c28-26(27-19-22-9-6-8-20-7-4-5-12-25(20)22)21-13-15-23(16-14-21)29-17-18-30-24-10-2-1-3-11-24/h1-16H,17-19H2,(H,27,28). The molecule has 0 aliphatic rings. The van der Waals surface area contributed by atoms with Crippen molar-refractivity contribution in [3.05, 3.63) is 108 Å². The van der Waals surface area contributed by atoms with Crippen LogP contribution in [0.5, 0.6) is 5.75 Å². The zero-order chi connectivity index (χ0) is 20.6. The molecule has 0 bridgehead atoms. The lowest BCUT2D eigenvalue weighted by atomic mass is 10.0. The van der Waals surface area contributed by atoms with E-state index in [1.807, 2.05) is 54.6 Å². The number of hydrogen-bond acceptors (Lipinski definition) is 3. The van der Waals surface area contributed by atoms with Crippen molar-refractivity contribution in [2.75, 3.05) is 12.4 Å². The number of fused-ring (bicyclic) bond motifs is 1. The first-order valence-corrected chi connectivity index (χ1v) is 10.9. The Morgan fingerprint density at radius 2 is 1.53 bits per heavy atom. The molecule has 1 amide bonds. The summed E-state index contributed by atoms with van der Waals surface area (Å²) >= 11 is 1.76. The second kappa shape index (κ2) is 9.99. The van der Waals surface area contributed by atoms with Crippen LogP contribution in [0.3, 0.4) is 0 Å². The third kappa shape index (κ3) is 5.22. The van der Waals surface area contributed by atoms with Crippen molar-refractivity contribution in [1.29, 1.82) is 0 Å². The molecule has 0 fully saturated rings. The second-order valence-corrected chi connectivity index (χ2v) is 8.02. The van der Waals surface area contributed by atoms with Crippen molar-refractivity contribution in [1.82, 2.24) is 5.32 Å². The van der Waals surface area contributed by atoms with E-state index in [1.165, 1.54) is 10.3 Å². The molecule has 0 saturated heterocycles. The van der Waals surface area contributed by atoms with Crippen LogP contribution >= 0.6 is 11.8 Å². The number of carbonyl (C=O) groups excluding carboxylic acids is 1. The molecule has 150 valence electrons. The number of nitrogens with one attached hydrogen (secondary N) is 1. The molecule has 1 N–H and O–H groups in total. The van der Waals surface area contributed by atoms with Gasteiger partial charge in [0.2, 0.25) is 0 Å². The Kier molecular flexibility index (Phi) is 6.68.